The maximum Gasteiger partial charge on any atom is 0.255 e. The van der Waals surface area contributed by atoms with Crippen LogP contribution in [-0.2, 0) is 16.6 Å². The molecule has 1 saturated carbocycles. The summed E-state index contributed by atoms with van der Waals surface area (Å²) in [6.07, 6.45) is 5.77. The summed E-state index contributed by atoms with van der Waals surface area (Å²) in [7, 11) is -2.25. The number of amides is 2. The highest BCUT2D eigenvalue weighted by Gasteiger charge is 2.27. The first kappa shape index (κ1) is 24.2. The fourth-order valence-electron chi connectivity index (χ4n) is 4.00. The zero-order valence-electron chi connectivity index (χ0n) is 19.4. The summed E-state index contributed by atoms with van der Waals surface area (Å²) in [5.41, 5.74) is 1.57. The Hall–Kier alpha value is -2.91. The van der Waals surface area contributed by atoms with Gasteiger partial charge >= 0.3 is 0 Å². The number of sulfonamides is 1. The van der Waals surface area contributed by atoms with Crippen LogP contribution in [0.1, 0.15) is 64.8 Å². The molecule has 2 aromatic rings. The Morgan fingerprint density at radius 1 is 0.971 bits per heavy atom. The Balaban J connectivity index is 1.45. The average Bonchev–Trinajstić information content (AvgIpc) is 3.69. The van der Waals surface area contributed by atoms with Gasteiger partial charge in [-0.05, 0) is 61.6 Å². The Morgan fingerprint density at radius 3 is 2.26 bits per heavy atom. The molecule has 2 amide bonds. The van der Waals surface area contributed by atoms with Crippen molar-refractivity contribution in [1.29, 1.82) is 0 Å². The van der Waals surface area contributed by atoms with Crippen LogP contribution in [-0.4, -0.2) is 50.8 Å². The highest BCUT2D eigenvalue weighted by molar-refractivity contribution is 7.89. The molecule has 1 aliphatic heterocycles. The van der Waals surface area contributed by atoms with Gasteiger partial charge in [-0.2, -0.15) is 4.31 Å². The first-order valence-corrected chi connectivity index (χ1v) is 13.2. The quantitative estimate of drug-likeness (QED) is 0.598. The lowest BCUT2D eigenvalue weighted by molar-refractivity contribution is 0.0939. The zero-order valence-corrected chi connectivity index (χ0v) is 20.2. The van der Waals surface area contributed by atoms with E-state index >= 15 is 0 Å². The maximum atomic E-state index is 13.2. The molecule has 1 aliphatic carbocycles. The van der Waals surface area contributed by atoms with Crippen LogP contribution in [0.2, 0.25) is 0 Å². The first-order chi connectivity index (χ1) is 16.4. The minimum atomic E-state index is -3.69. The lowest BCUT2D eigenvalue weighted by atomic mass is 10.1. The van der Waals surface area contributed by atoms with E-state index in [1.165, 1.54) is 29.6 Å². The Bertz CT molecular complexity index is 1140. The van der Waals surface area contributed by atoms with Crippen molar-refractivity contribution in [2.45, 2.75) is 56.0 Å². The molecule has 2 fully saturated rings. The SMILES string of the molecule is COc1ccc(S(=O)(=O)N2CCCCCC2)cc1C(=O)NCc1ccc(C(=O)NC2CC2)cc1. The molecule has 0 unspecified atom stereocenters. The summed E-state index contributed by atoms with van der Waals surface area (Å²) in [4.78, 5) is 25.2. The third kappa shape index (κ3) is 5.77. The molecule has 34 heavy (non-hydrogen) atoms. The maximum absolute atomic E-state index is 13.2. The monoisotopic (exact) mass is 485 g/mol. The molecular weight excluding hydrogens is 454 g/mol. The number of hydrogen-bond donors (Lipinski definition) is 2. The number of carbonyl (C=O) groups excluding carboxylic acids is 2. The van der Waals surface area contributed by atoms with E-state index in [9.17, 15) is 18.0 Å². The fourth-order valence-corrected chi connectivity index (χ4v) is 5.55. The molecule has 0 spiro atoms. The van der Waals surface area contributed by atoms with Gasteiger partial charge in [0.05, 0.1) is 17.6 Å². The van der Waals surface area contributed by atoms with Gasteiger partial charge in [0.1, 0.15) is 5.75 Å². The largest absolute Gasteiger partial charge is 0.496 e. The molecule has 2 aromatic carbocycles. The second-order valence-electron chi connectivity index (χ2n) is 8.81. The highest BCUT2D eigenvalue weighted by atomic mass is 32.2. The first-order valence-electron chi connectivity index (χ1n) is 11.7. The van der Waals surface area contributed by atoms with E-state index in [4.69, 9.17) is 4.74 Å². The molecule has 9 heteroatoms. The summed E-state index contributed by atoms with van der Waals surface area (Å²) in [6, 6.07) is 11.7. The molecule has 2 aliphatic rings. The summed E-state index contributed by atoms with van der Waals surface area (Å²) < 4.78 is 33.2. The van der Waals surface area contributed by atoms with Gasteiger partial charge in [0.25, 0.3) is 11.8 Å². The van der Waals surface area contributed by atoms with Crippen molar-refractivity contribution in [3.8, 4) is 5.75 Å². The molecule has 4 rings (SSSR count). The molecule has 1 saturated heterocycles. The van der Waals surface area contributed by atoms with Crippen LogP contribution < -0.4 is 15.4 Å². The van der Waals surface area contributed by atoms with Crippen LogP contribution >= 0.6 is 0 Å². The van der Waals surface area contributed by atoms with E-state index in [2.05, 4.69) is 10.6 Å². The van der Waals surface area contributed by atoms with Crippen LogP contribution in [0.3, 0.4) is 0 Å². The number of nitrogens with zero attached hydrogens (tertiary/aromatic N) is 1. The zero-order chi connectivity index (χ0) is 24.1. The van der Waals surface area contributed by atoms with Gasteiger partial charge in [-0.15, -0.1) is 0 Å². The number of rotatable bonds is 8. The van der Waals surface area contributed by atoms with Crippen molar-refractivity contribution < 1.29 is 22.7 Å². The van der Waals surface area contributed by atoms with Crippen molar-refractivity contribution in [2.75, 3.05) is 20.2 Å². The normalized spacial score (nSPS) is 17.0. The van der Waals surface area contributed by atoms with Gasteiger partial charge in [0, 0.05) is 31.2 Å². The molecule has 0 radical (unpaired) electrons. The predicted molar refractivity (Wildman–Crippen MR) is 128 cm³/mol. The molecular formula is C25H31N3O5S. The molecule has 0 bridgehead atoms. The van der Waals surface area contributed by atoms with Crippen LogP contribution in [0.15, 0.2) is 47.4 Å². The van der Waals surface area contributed by atoms with Gasteiger partial charge in [-0.25, -0.2) is 8.42 Å². The van der Waals surface area contributed by atoms with Crippen molar-refractivity contribution in [3.63, 3.8) is 0 Å². The number of hydrogen-bond acceptors (Lipinski definition) is 5. The van der Waals surface area contributed by atoms with Crippen LogP contribution in [0.25, 0.3) is 0 Å². The fraction of sp³-hybridized carbons (Fsp3) is 0.440. The molecule has 8 nitrogen and oxygen atoms in total. The Labute approximate surface area is 200 Å². The smallest absolute Gasteiger partial charge is 0.255 e. The second kappa shape index (κ2) is 10.6. The third-order valence-electron chi connectivity index (χ3n) is 6.20. The van der Waals surface area contributed by atoms with E-state index in [-0.39, 0.29) is 22.9 Å². The number of methoxy groups -OCH3 is 1. The average molecular weight is 486 g/mol. The number of benzene rings is 2. The van der Waals surface area contributed by atoms with Crippen molar-refractivity contribution >= 4 is 21.8 Å². The van der Waals surface area contributed by atoms with E-state index in [1.54, 1.807) is 24.3 Å². The summed E-state index contributed by atoms with van der Waals surface area (Å²) >= 11 is 0. The Kier molecular flexibility index (Phi) is 7.53. The predicted octanol–water partition coefficient (Wildman–Crippen LogP) is 3.08. The number of carbonyl (C=O) groups is 2. The molecule has 0 atom stereocenters. The van der Waals surface area contributed by atoms with E-state index in [0.717, 1.165) is 44.1 Å². The van der Waals surface area contributed by atoms with E-state index in [1.807, 2.05) is 0 Å². The lowest BCUT2D eigenvalue weighted by Gasteiger charge is -2.20. The van der Waals surface area contributed by atoms with Crippen molar-refractivity contribution in [1.82, 2.24) is 14.9 Å². The van der Waals surface area contributed by atoms with E-state index < -0.39 is 15.9 Å². The molecule has 0 aromatic heterocycles. The molecule has 1 heterocycles. The van der Waals surface area contributed by atoms with Gasteiger partial charge in [0.2, 0.25) is 10.0 Å². The second-order valence-corrected chi connectivity index (χ2v) is 10.7. The topological polar surface area (TPSA) is 105 Å². The summed E-state index contributed by atoms with van der Waals surface area (Å²) in [6.45, 7) is 1.21. The standard InChI is InChI=1S/C25H31N3O5S/c1-33-23-13-12-21(34(31,32)28-14-4-2-3-5-15-28)16-22(23)25(30)26-17-18-6-8-19(9-7-18)24(29)27-20-10-11-20/h6-9,12-13,16,20H,2-5,10-11,14-15,17H2,1H3,(H,26,30)(H,27,29). The van der Waals surface area contributed by atoms with Crippen LogP contribution in [0.4, 0.5) is 0 Å². The van der Waals surface area contributed by atoms with Crippen LogP contribution in [0.5, 0.6) is 5.75 Å². The van der Waals surface area contributed by atoms with Gasteiger partial charge in [-0.3, -0.25) is 9.59 Å². The highest BCUT2D eigenvalue weighted by Crippen LogP contribution is 2.26. The van der Waals surface area contributed by atoms with Crippen molar-refractivity contribution in [2.24, 2.45) is 0 Å². The Morgan fingerprint density at radius 2 is 1.65 bits per heavy atom. The van der Waals surface area contributed by atoms with Gasteiger partial charge in [-0.1, -0.05) is 25.0 Å². The summed E-state index contributed by atoms with van der Waals surface area (Å²) in [5, 5.41) is 5.76. The number of nitrogens with one attached hydrogen (secondary N) is 2. The van der Waals surface area contributed by atoms with Gasteiger partial charge in [0.15, 0.2) is 0 Å². The van der Waals surface area contributed by atoms with Crippen molar-refractivity contribution in [3.05, 3.63) is 59.2 Å². The minimum absolute atomic E-state index is 0.0892. The molecule has 182 valence electrons. The third-order valence-corrected chi connectivity index (χ3v) is 8.09. The van der Waals surface area contributed by atoms with Gasteiger partial charge < -0.3 is 15.4 Å². The lowest BCUT2D eigenvalue weighted by Crippen LogP contribution is -2.32. The van der Waals surface area contributed by atoms with E-state index in [0.29, 0.717) is 30.4 Å². The minimum Gasteiger partial charge on any atom is -0.496 e. The summed E-state index contributed by atoms with van der Waals surface area (Å²) in [5.74, 6) is -0.218. The van der Waals surface area contributed by atoms with Crippen LogP contribution in [0, 0.1) is 0 Å². The molecule has 2 N–H and O–H groups in total. The number of ether oxygens (including phenoxy) is 1.